The second-order valence-electron chi connectivity index (χ2n) is 7.68. The van der Waals surface area contributed by atoms with Crippen LogP contribution in [-0.4, -0.2) is 52.0 Å². The first-order chi connectivity index (χ1) is 14.8. The SMILES string of the molecule is CCNC(=NCc1ccc(N2CCOCC2)cc1)NCCc1ccc2c(c1)CCO2. The fourth-order valence-corrected chi connectivity index (χ4v) is 3.87. The summed E-state index contributed by atoms with van der Waals surface area (Å²) in [6.45, 7) is 8.79. The van der Waals surface area contributed by atoms with E-state index in [-0.39, 0.29) is 0 Å². The van der Waals surface area contributed by atoms with E-state index in [0.717, 1.165) is 70.6 Å². The number of nitrogens with one attached hydrogen (secondary N) is 2. The van der Waals surface area contributed by atoms with Crippen LogP contribution in [0.2, 0.25) is 0 Å². The molecule has 6 heteroatoms. The standard InChI is InChI=1S/C24H32N4O2/c1-2-25-24(26-11-9-19-5-8-23-21(17-19)10-14-30-23)27-18-20-3-6-22(7-4-20)28-12-15-29-16-13-28/h3-8,17H,2,9-16,18H2,1H3,(H2,25,26,27). The van der Waals surface area contributed by atoms with Crippen LogP contribution in [0.5, 0.6) is 5.75 Å². The fourth-order valence-electron chi connectivity index (χ4n) is 3.87. The summed E-state index contributed by atoms with van der Waals surface area (Å²) in [5.74, 6) is 1.90. The van der Waals surface area contributed by atoms with Crippen molar-refractivity contribution in [2.24, 2.45) is 4.99 Å². The fraction of sp³-hybridized carbons (Fsp3) is 0.458. The Morgan fingerprint density at radius 1 is 1.00 bits per heavy atom. The number of fused-ring (bicyclic) bond motifs is 1. The van der Waals surface area contributed by atoms with Gasteiger partial charge in [-0.05, 0) is 48.2 Å². The lowest BCUT2D eigenvalue weighted by Gasteiger charge is -2.28. The zero-order chi connectivity index (χ0) is 20.6. The lowest BCUT2D eigenvalue weighted by atomic mass is 10.1. The molecule has 1 fully saturated rings. The summed E-state index contributed by atoms with van der Waals surface area (Å²) < 4.78 is 11.0. The van der Waals surface area contributed by atoms with Crippen LogP contribution >= 0.6 is 0 Å². The Kier molecular flexibility index (Phi) is 7.08. The molecule has 2 N–H and O–H groups in total. The molecule has 0 bridgehead atoms. The van der Waals surface area contributed by atoms with Crippen LogP contribution in [0.1, 0.15) is 23.6 Å². The van der Waals surface area contributed by atoms with E-state index >= 15 is 0 Å². The molecule has 1 saturated heterocycles. The maximum atomic E-state index is 5.59. The molecular formula is C24H32N4O2. The summed E-state index contributed by atoms with van der Waals surface area (Å²) >= 11 is 0. The van der Waals surface area contributed by atoms with Gasteiger partial charge >= 0.3 is 0 Å². The van der Waals surface area contributed by atoms with Crippen LogP contribution in [0.25, 0.3) is 0 Å². The molecule has 2 heterocycles. The zero-order valence-electron chi connectivity index (χ0n) is 17.8. The molecule has 0 spiro atoms. The van der Waals surface area contributed by atoms with Gasteiger partial charge in [-0.15, -0.1) is 0 Å². The molecule has 0 saturated carbocycles. The first-order valence-electron chi connectivity index (χ1n) is 11.0. The number of morpholine rings is 1. The number of nitrogens with zero attached hydrogens (tertiary/aromatic N) is 2. The summed E-state index contributed by atoms with van der Waals surface area (Å²) in [4.78, 5) is 7.12. The first-order valence-corrected chi connectivity index (χ1v) is 11.0. The van der Waals surface area contributed by atoms with Crippen molar-refractivity contribution in [1.29, 1.82) is 0 Å². The van der Waals surface area contributed by atoms with Crippen LogP contribution in [0.3, 0.4) is 0 Å². The number of guanidine groups is 1. The van der Waals surface area contributed by atoms with E-state index in [4.69, 9.17) is 14.5 Å². The minimum atomic E-state index is 0.662. The Hall–Kier alpha value is -2.73. The van der Waals surface area contributed by atoms with Crippen molar-refractivity contribution in [2.75, 3.05) is 50.9 Å². The van der Waals surface area contributed by atoms with Gasteiger partial charge in [0.2, 0.25) is 0 Å². The molecule has 2 aromatic rings. The van der Waals surface area contributed by atoms with Gasteiger partial charge in [0, 0.05) is 38.3 Å². The molecule has 2 aliphatic heterocycles. The molecule has 0 amide bonds. The Balaban J connectivity index is 1.28. The topological polar surface area (TPSA) is 58.1 Å². The zero-order valence-corrected chi connectivity index (χ0v) is 17.8. The van der Waals surface area contributed by atoms with Crippen molar-refractivity contribution in [3.8, 4) is 5.75 Å². The molecule has 0 aromatic heterocycles. The van der Waals surface area contributed by atoms with Crippen molar-refractivity contribution < 1.29 is 9.47 Å². The highest BCUT2D eigenvalue weighted by Gasteiger charge is 2.12. The summed E-state index contributed by atoms with van der Waals surface area (Å²) in [5.41, 5.74) is 5.13. The van der Waals surface area contributed by atoms with Gasteiger partial charge in [0.1, 0.15) is 5.75 Å². The van der Waals surface area contributed by atoms with E-state index in [2.05, 4.69) is 64.9 Å². The van der Waals surface area contributed by atoms with Crippen molar-refractivity contribution in [1.82, 2.24) is 10.6 Å². The van der Waals surface area contributed by atoms with Crippen LogP contribution in [0.4, 0.5) is 5.69 Å². The van der Waals surface area contributed by atoms with Gasteiger partial charge in [-0.25, -0.2) is 4.99 Å². The normalized spacial score (nSPS) is 16.2. The largest absolute Gasteiger partial charge is 0.493 e. The number of hydrogen-bond donors (Lipinski definition) is 2. The highest BCUT2D eigenvalue weighted by Crippen LogP contribution is 2.25. The maximum Gasteiger partial charge on any atom is 0.191 e. The monoisotopic (exact) mass is 408 g/mol. The lowest BCUT2D eigenvalue weighted by molar-refractivity contribution is 0.122. The molecule has 0 aliphatic carbocycles. The molecule has 0 atom stereocenters. The van der Waals surface area contributed by atoms with E-state index in [1.54, 1.807) is 0 Å². The molecule has 6 nitrogen and oxygen atoms in total. The molecule has 0 unspecified atom stereocenters. The van der Waals surface area contributed by atoms with E-state index in [0.29, 0.717) is 6.54 Å². The minimum absolute atomic E-state index is 0.662. The number of anilines is 1. The van der Waals surface area contributed by atoms with Crippen molar-refractivity contribution >= 4 is 11.6 Å². The van der Waals surface area contributed by atoms with Gasteiger partial charge in [0.25, 0.3) is 0 Å². The van der Waals surface area contributed by atoms with Gasteiger partial charge in [-0.1, -0.05) is 24.3 Å². The molecule has 2 aromatic carbocycles. The number of benzene rings is 2. The quantitative estimate of drug-likeness (QED) is 0.545. The molecular weight excluding hydrogens is 376 g/mol. The van der Waals surface area contributed by atoms with Gasteiger partial charge in [0.15, 0.2) is 5.96 Å². The van der Waals surface area contributed by atoms with Crippen LogP contribution in [-0.2, 0) is 24.1 Å². The highest BCUT2D eigenvalue weighted by molar-refractivity contribution is 5.79. The molecule has 0 radical (unpaired) electrons. The van der Waals surface area contributed by atoms with E-state index < -0.39 is 0 Å². The van der Waals surface area contributed by atoms with Crippen LogP contribution in [0.15, 0.2) is 47.5 Å². The Bertz CT molecular complexity index is 845. The van der Waals surface area contributed by atoms with Crippen LogP contribution in [0, 0.1) is 0 Å². The number of rotatable bonds is 7. The Morgan fingerprint density at radius 2 is 1.80 bits per heavy atom. The van der Waals surface area contributed by atoms with Gasteiger partial charge < -0.3 is 25.0 Å². The summed E-state index contributed by atoms with van der Waals surface area (Å²) in [5, 5.41) is 6.80. The average Bonchev–Trinajstić information content (AvgIpc) is 3.26. The number of aliphatic imine (C=N–C) groups is 1. The third-order valence-electron chi connectivity index (χ3n) is 5.54. The van der Waals surface area contributed by atoms with Gasteiger partial charge in [-0.3, -0.25) is 0 Å². The summed E-state index contributed by atoms with van der Waals surface area (Å²) in [7, 11) is 0. The smallest absolute Gasteiger partial charge is 0.191 e. The Labute approximate surface area is 179 Å². The predicted octanol–water partition coefficient (Wildman–Crippen LogP) is 2.76. The van der Waals surface area contributed by atoms with Crippen molar-refractivity contribution in [3.63, 3.8) is 0 Å². The van der Waals surface area contributed by atoms with Gasteiger partial charge in [0.05, 0.1) is 26.4 Å². The van der Waals surface area contributed by atoms with E-state index in [1.165, 1.54) is 22.4 Å². The minimum Gasteiger partial charge on any atom is -0.493 e. The van der Waals surface area contributed by atoms with Crippen molar-refractivity contribution in [3.05, 3.63) is 59.2 Å². The summed E-state index contributed by atoms with van der Waals surface area (Å²) in [6, 6.07) is 15.2. The average molecular weight is 409 g/mol. The van der Waals surface area contributed by atoms with Crippen molar-refractivity contribution in [2.45, 2.75) is 26.3 Å². The molecule has 160 valence electrons. The predicted molar refractivity (Wildman–Crippen MR) is 122 cm³/mol. The number of hydrogen-bond acceptors (Lipinski definition) is 4. The molecule has 30 heavy (non-hydrogen) atoms. The van der Waals surface area contributed by atoms with Crippen LogP contribution < -0.4 is 20.3 Å². The summed E-state index contributed by atoms with van der Waals surface area (Å²) in [6.07, 6.45) is 1.98. The third-order valence-corrected chi connectivity index (χ3v) is 5.54. The maximum absolute atomic E-state index is 5.59. The highest BCUT2D eigenvalue weighted by atomic mass is 16.5. The number of ether oxygens (including phenoxy) is 2. The molecule has 2 aliphatic rings. The first kappa shape index (κ1) is 20.5. The van der Waals surface area contributed by atoms with E-state index in [9.17, 15) is 0 Å². The third kappa shape index (κ3) is 5.45. The Morgan fingerprint density at radius 3 is 2.60 bits per heavy atom. The van der Waals surface area contributed by atoms with Gasteiger partial charge in [-0.2, -0.15) is 0 Å². The second-order valence-corrected chi connectivity index (χ2v) is 7.68. The molecule has 4 rings (SSSR count). The second kappa shape index (κ2) is 10.3. The lowest BCUT2D eigenvalue weighted by Crippen LogP contribution is -2.38. The van der Waals surface area contributed by atoms with E-state index in [1.807, 2.05) is 0 Å².